The van der Waals surface area contributed by atoms with Crippen LogP contribution in [0.15, 0.2) is 35.1 Å². The van der Waals surface area contributed by atoms with Crippen molar-refractivity contribution in [3.8, 4) is 5.75 Å². The van der Waals surface area contributed by atoms with Crippen molar-refractivity contribution in [2.24, 2.45) is 7.05 Å². The van der Waals surface area contributed by atoms with Gasteiger partial charge in [0.2, 0.25) is 0 Å². The summed E-state index contributed by atoms with van der Waals surface area (Å²) in [5.41, 5.74) is 2.95. The summed E-state index contributed by atoms with van der Waals surface area (Å²) in [4.78, 5) is 27.5. The van der Waals surface area contributed by atoms with Crippen LogP contribution in [0, 0.1) is 6.92 Å². The minimum Gasteiger partial charge on any atom is -0.490 e. The number of carbonyl (C=O) groups excluding carboxylic acids is 1. The molecule has 28 heavy (non-hydrogen) atoms. The van der Waals surface area contributed by atoms with E-state index in [1.807, 2.05) is 26.0 Å². The maximum atomic E-state index is 13.2. The number of aryl methyl sites for hydroxylation is 1. The van der Waals surface area contributed by atoms with Gasteiger partial charge in [-0.15, -0.1) is 0 Å². The molecule has 6 nitrogen and oxygen atoms in total. The first-order chi connectivity index (χ1) is 13.4. The van der Waals surface area contributed by atoms with E-state index in [0.717, 1.165) is 23.4 Å². The van der Waals surface area contributed by atoms with Gasteiger partial charge in [0.05, 0.1) is 0 Å². The molecule has 3 rings (SSSR count). The molecule has 1 aliphatic rings. The molecule has 0 saturated carbocycles. The Kier molecular flexibility index (Phi) is 6.19. The molecule has 0 radical (unpaired) electrons. The van der Waals surface area contributed by atoms with Crippen LogP contribution in [0.25, 0.3) is 0 Å². The third-order valence-corrected chi connectivity index (χ3v) is 5.18. The zero-order chi connectivity index (χ0) is 20.3. The number of amides is 1. The highest BCUT2D eigenvalue weighted by molar-refractivity contribution is 5.93. The molecule has 1 aromatic heterocycles. The molecule has 0 aliphatic carbocycles. The second-order valence-corrected chi connectivity index (χ2v) is 7.40. The number of benzene rings is 1. The Bertz CT molecular complexity index is 919. The second-order valence-electron chi connectivity index (χ2n) is 7.40. The zero-order valence-electron chi connectivity index (χ0n) is 17.0. The van der Waals surface area contributed by atoms with Crippen LogP contribution in [0.2, 0.25) is 0 Å². The molecule has 6 heteroatoms. The molecule has 1 atom stereocenters. The van der Waals surface area contributed by atoms with Gasteiger partial charge < -0.3 is 18.9 Å². The molecular weight excluding hydrogens is 356 g/mol. The Morgan fingerprint density at radius 3 is 2.86 bits per heavy atom. The lowest BCUT2D eigenvalue weighted by Gasteiger charge is -2.23. The molecule has 0 spiro atoms. The number of aromatic nitrogens is 1. The fraction of sp³-hybridized carbons (Fsp3) is 0.455. The number of fused-ring (bicyclic) bond motifs is 1. The summed E-state index contributed by atoms with van der Waals surface area (Å²) in [6.07, 6.45) is 1.76. The Morgan fingerprint density at radius 1 is 1.32 bits per heavy atom. The number of rotatable bonds is 7. The molecular formula is C22H28N2O4. The normalized spacial score (nSPS) is 15.2. The van der Waals surface area contributed by atoms with Gasteiger partial charge in [-0.3, -0.25) is 9.59 Å². The number of ether oxygens (including phenoxy) is 2. The maximum absolute atomic E-state index is 13.2. The maximum Gasteiger partial charge on any atom is 0.263 e. The van der Waals surface area contributed by atoms with Crippen LogP contribution >= 0.6 is 0 Å². The van der Waals surface area contributed by atoms with Gasteiger partial charge in [0.15, 0.2) is 0 Å². The predicted octanol–water partition coefficient (Wildman–Crippen LogP) is 2.70. The third-order valence-electron chi connectivity index (χ3n) is 5.18. The minimum atomic E-state index is -0.266. The fourth-order valence-corrected chi connectivity index (χ4v) is 3.51. The summed E-state index contributed by atoms with van der Waals surface area (Å²) in [5.74, 6) is 0.669. The number of pyridine rings is 1. The van der Waals surface area contributed by atoms with Gasteiger partial charge in [-0.2, -0.15) is 0 Å². The lowest BCUT2D eigenvalue weighted by atomic mass is 10.1. The van der Waals surface area contributed by atoms with E-state index in [9.17, 15) is 9.59 Å². The fourth-order valence-electron chi connectivity index (χ4n) is 3.51. The van der Waals surface area contributed by atoms with Crippen molar-refractivity contribution in [2.75, 3.05) is 20.3 Å². The summed E-state index contributed by atoms with van der Waals surface area (Å²) < 4.78 is 12.4. The highest BCUT2D eigenvalue weighted by Gasteiger charge is 2.22. The smallest absolute Gasteiger partial charge is 0.263 e. The zero-order valence-corrected chi connectivity index (χ0v) is 17.0. The predicted molar refractivity (Wildman–Crippen MR) is 108 cm³/mol. The van der Waals surface area contributed by atoms with Crippen LogP contribution < -0.4 is 10.3 Å². The van der Waals surface area contributed by atoms with Gasteiger partial charge in [-0.1, -0.05) is 12.1 Å². The van der Waals surface area contributed by atoms with Gasteiger partial charge in [0.1, 0.15) is 17.4 Å². The number of nitrogens with zero attached hydrogens (tertiary/aromatic N) is 2. The molecule has 0 unspecified atom stereocenters. The number of methoxy groups -OCH3 is 1. The first-order valence-electron chi connectivity index (χ1n) is 9.64. The van der Waals surface area contributed by atoms with E-state index in [-0.39, 0.29) is 23.1 Å². The Balaban J connectivity index is 1.85. The second kappa shape index (κ2) is 8.61. The van der Waals surface area contributed by atoms with E-state index in [2.05, 4.69) is 6.07 Å². The molecule has 1 aromatic carbocycles. The first kappa shape index (κ1) is 20.1. The summed E-state index contributed by atoms with van der Waals surface area (Å²) in [5, 5.41) is 0. The standard InChI is InChI=1S/C22H28N2O4/c1-15-6-8-19(21(25)23(15)3)22(26)24(10-5-11-27-4)14-17-7-9-20-18(13-17)12-16(2)28-20/h6-9,13,16H,5,10-12,14H2,1-4H3/t16-/m0/s1. The van der Waals surface area contributed by atoms with E-state index in [1.165, 1.54) is 10.1 Å². The van der Waals surface area contributed by atoms with Crippen molar-refractivity contribution in [3.05, 3.63) is 63.1 Å². The Labute approximate surface area is 165 Å². The van der Waals surface area contributed by atoms with Crippen molar-refractivity contribution < 1.29 is 14.3 Å². The van der Waals surface area contributed by atoms with Crippen molar-refractivity contribution >= 4 is 5.91 Å². The number of hydrogen-bond donors (Lipinski definition) is 0. The summed E-state index contributed by atoms with van der Waals surface area (Å²) >= 11 is 0. The molecule has 2 aromatic rings. The van der Waals surface area contributed by atoms with E-state index < -0.39 is 0 Å². The lowest BCUT2D eigenvalue weighted by molar-refractivity contribution is 0.0721. The highest BCUT2D eigenvalue weighted by atomic mass is 16.5. The largest absolute Gasteiger partial charge is 0.490 e. The number of hydrogen-bond acceptors (Lipinski definition) is 4. The minimum absolute atomic E-state index is 0.181. The molecule has 0 saturated heterocycles. The van der Waals surface area contributed by atoms with Crippen molar-refractivity contribution in [3.63, 3.8) is 0 Å². The van der Waals surface area contributed by atoms with Crippen LogP contribution in [-0.2, 0) is 24.8 Å². The van der Waals surface area contributed by atoms with Crippen molar-refractivity contribution in [2.45, 2.75) is 39.3 Å². The van der Waals surface area contributed by atoms with Gasteiger partial charge in [0, 0.05) is 46.0 Å². The van der Waals surface area contributed by atoms with Crippen LogP contribution in [0.1, 0.15) is 40.5 Å². The average molecular weight is 384 g/mol. The third kappa shape index (κ3) is 4.28. The number of carbonyl (C=O) groups is 1. The quantitative estimate of drug-likeness (QED) is 0.689. The molecule has 0 fully saturated rings. The summed E-state index contributed by atoms with van der Waals surface area (Å²) in [6, 6.07) is 9.48. The molecule has 1 amide bonds. The monoisotopic (exact) mass is 384 g/mol. The SMILES string of the molecule is COCCCN(Cc1ccc2c(c1)C[C@H](C)O2)C(=O)c1ccc(C)n(C)c1=O. The molecule has 150 valence electrons. The Morgan fingerprint density at radius 2 is 2.11 bits per heavy atom. The van der Waals surface area contributed by atoms with Crippen LogP contribution in [0.4, 0.5) is 0 Å². The van der Waals surface area contributed by atoms with Gasteiger partial charge in [0.25, 0.3) is 11.5 Å². The van der Waals surface area contributed by atoms with Gasteiger partial charge in [-0.25, -0.2) is 0 Å². The van der Waals surface area contributed by atoms with Gasteiger partial charge >= 0.3 is 0 Å². The molecule has 0 N–H and O–H groups in total. The highest BCUT2D eigenvalue weighted by Crippen LogP contribution is 2.29. The average Bonchev–Trinajstić information content (AvgIpc) is 3.04. The Hall–Kier alpha value is -2.60. The van der Waals surface area contributed by atoms with Crippen LogP contribution in [0.5, 0.6) is 5.75 Å². The van der Waals surface area contributed by atoms with E-state index in [0.29, 0.717) is 26.1 Å². The van der Waals surface area contributed by atoms with Crippen molar-refractivity contribution in [1.29, 1.82) is 0 Å². The van der Waals surface area contributed by atoms with E-state index in [1.54, 1.807) is 31.2 Å². The molecule has 0 bridgehead atoms. The molecule has 2 heterocycles. The van der Waals surface area contributed by atoms with E-state index >= 15 is 0 Å². The van der Waals surface area contributed by atoms with Crippen molar-refractivity contribution in [1.82, 2.24) is 9.47 Å². The lowest BCUT2D eigenvalue weighted by Crippen LogP contribution is -2.37. The van der Waals surface area contributed by atoms with Crippen LogP contribution in [0.3, 0.4) is 0 Å². The summed E-state index contributed by atoms with van der Waals surface area (Å²) in [6.45, 7) is 5.42. The van der Waals surface area contributed by atoms with Gasteiger partial charge in [-0.05, 0) is 49.6 Å². The van der Waals surface area contributed by atoms with Crippen LogP contribution in [-0.4, -0.2) is 41.7 Å². The topological polar surface area (TPSA) is 60.8 Å². The summed E-state index contributed by atoms with van der Waals surface area (Å²) in [7, 11) is 3.33. The van der Waals surface area contributed by atoms with E-state index in [4.69, 9.17) is 9.47 Å². The first-order valence-corrected chi connectivity index (χ1v) is 9.64. The molecule has 1 aliphatic heterocycles.